The first kappa shape index (κ1) is 14.8. The molecule has 0 spiro atoms. The number of carbonyl (C=O) groups is 1. The molecule has 2 heterocycles. The van der Waals surface area contributed by atoms with Crippen LogP contribution in [0.1, 0.15) is 15.9 Å². The number of rotatable bonds is 4. The van der Waals surface area contributed by atoms with E-state index in [4.69, 9.17) is 5.73 Å². The molecule has 0 radical (unpaired) electrons. The van der Waals surface area contributed by atoms with Gasteiger partial charge in [-0.15, -0.1) is 11.3 Å². The van der Waals surface area contributed by atoms with Crippen LogP contribution < -0.4 is 5.73 Å². The Labute approximate surface area is 135 Å². The zero-order valence-corrected chi connectivity index (χ0v) is 13.4. The molecule has 0 unspecified atom stereocenters. The molecular weight excluding hydrogens is 318 g/mol. The molecule has 0 aliphatic carbocycles. The lowest BCUT2D eigenvalue weighted by molar-refractivity contribution is 0.0600. The molecule has 0 saturated carbocycles. The van der Waals surface area contributed by atoms with Crippen molar-refractivity contribution in [2.75, 3.05) is 12.8 Å². The second kappa shape index (κ2) is 6.33. The van der Waals surface area contributed by atoms with E-state index in [9.17, 15) is 4.79 Å². The summed E-state index contributed by atoms with van der Waals surface area (Å²) in [6.45, 7) is 0. The highest BCUT2D eigenvalue weighted by atomic mass is 32.2. The highest BCUT2D eigenvalue weighted by Crippen LogP contribution is 2.27. The van der Waals surface area contributed by atoms with Crippen LogP contribution in [0.5, 0.6) is 0 Å². The lowest BCUT2D eigenvalue weighted by Crippen LogP contribution is -2.00. The van der Waals surface area contributed by atoms with E-state index in [0.717, 1.165) is 15.8 Å². The minimum atomic E-state index is -0.335. The average molecular weight is 331 g/mol. The number of nitrogens with two attached hydrogens (primary N) is 1. The van der Waals surface area contributed by atoms with Crippen LogP contribution in [-0.2, 0) is 10.5 Å². The van der Waals surface area contributed by atoms with Gasteiger partial charge in [0.2, 0.25) is 0 Å². The van der Waals surface area contributed by atoms with Crippen LogP contribution in [0.3, 0.4) is 0 Å². The standard InChI is InChI=1S/C15H13N3O2S2/c1-20-14(19)10-4-2-9(3-5-10)8-22-15-17-12(16)11-6-7-21-13(11)18-15/h2-7H,8H2,1H3,(H2,16,17,18). The van der Waals surface area contributed by atoms with E-state index in [2.05, 4.69) is 14.7 Å². The Morgan fingerprint density at radius 2 is 2.05 bits per heavy atom. The predicted octanol–water partition coefficient (Wildman–Crippen LogP) is 3.35. The molecule has 0 amide bonds. The maximum atomic E-state index is 11.4. The number of hydrogen-bond acceptors (Lipinski definition) is 7. The Bertz CT molecular complexity index is 815. The number of nitrogens with zero attached hydrogens (tertiary/aromatic N) is 2. The van der Waals surface area contributed by atoms with E-state index in [1.54, 1.807) is 23.5 Å². The monoisotopic (exact) mass is 331 g/mol. The Balaban J connectivity index is 1.72. The molecule has 3 aromatic rings. The third kappa shape index (κ3) is 3.05. The molecule has 2 aromatic heterocycles. The van der Waals surface area contributed by atoms with Crippen LogP contribution in [-0.4, -0.2) is 23.0 Å². The number of nitrogen functional groups attached to an aromatic ring is 1. The topological polar surface area (TPSA) is 78.1 Å². The zero-order valence-electron chi connectivity index (χ0n) is 11.8. The van der Waals surface area contributed by atoms with E-state index in [0.29, 0.717) is 22.3 Å². The van der Waals surface area contributed by atoms with E-state index in [-0.39, 0.29) is 5.97 Å². The number of fused-ring (bicyclic) bond motifs is 1. The van der Waals surface area contributed by atoms with Crippen LogP contribution in [0.4, 0.5) is 5.82 Å². The molecule has 22 heavy (non-hydrogen) atoms. The SMILES string of the molecule is COC(=O)c1ccc(CSc2nc(N)c3ccsc3n2)cc1. The molecule has 5 nitrogen and oxygen atoms in total. The highest BCUT2D eigenvalue weighted by molar-refractivity contribution is 7.98. The smallest absolute Gasteiger partial charge is 0.337 e. The molecule has 3 rings (SSSR count). The van der Waals surface area contributed by atoms with Gasteiger partial charge in [-0.3, -0.25) is 0 Å². The van der Waals surface area contributed by atoms with Gasteiger partial charge in [0.15, 0.2) is 5.16 Å². The normalized spacial score (nSPS) is 10.8. The molecule has 0 aliphatic heterocycles. The molecular formula is C15H13N3O2S2. The molecule has 0 atom stereocenters. The van der Waals surface area contributed by atoms with Crippen LogP contribution >= 0.6 is 23.1 Å². The minimum absolute atomic E-state index is 0.335. The predicted molar refractivity (Wildman–Crippen MR) is 89.2 cm³/mol. The Kier molecular flexibility index (Phi) is 4.26. The van der Waals surface area contributed by atoms with Gasteiger partial charge < -0.3 is 10.5 Å². The summed E-state index contributed by atoms with van der Waals surface area (Å²) in [6.07, 6.45) is 0. The molecule has 2 N–H and O–H groups in total. The van der Waals surface area contributed by atoms with Gasteiger partial charge in [0.1, 0.15) is 10.6 Å². The van der Waals surface area contributed by atoms with Gasteiger partial charge in [-0.25, -0.2) is 14.8 Å². The summed E-state index contributed by atoms with van der Waals surface area (Å²) in [7, 11) is 1.37. The van der Waals surface area contributed by atoms with Crippen molar-refractivity contribution >= 4 is 45.1 Å². The number of methoxy groups -OCH3 is 1. The average Bonchev–Trinajstić information content (AvgIpc) is 3.02. The van der Waals surface area contributed by atoms with Crippen molar-refractivity contribution in [3.05, 3.63) is 46.8 Å². The number of benzene rings is 1. The van der Waals surface area contributed by atoms with E-state index in [1.165, 1.54) is 18.9 Å². The van der Waals surface area contributed by atoms with Crippen LogP contribution in [0.25, 0.3) is 10.2 Å². The number of thioether (sulfide) groups is 1. The molecule has 0 fully saturated rings. The van der Waals surface area contributed by atoms with E-state index >= 15 is 0 Å². The summed E-state index contributed by atoms with van der Waals surface area (Å²) in [5.41, 5.74) is 7.54. The van der Waals surface area contributed by atoms with Gasteiger partial charge in [0.25, 0.3) is 0 Å². The van der Waals surface area contributed by atoms with Crippen molar-refractivity contribution in [1.82, 2.24) is 9.97 Å². The summed E-state index contributed by atoms with van der Waals surface area (Å²) in [6, 6.07) is 9.21. The number of ether oxygens (including phenoxy) is 1. The van der Waals surface area contributed by atoms with Crippen molar-refractivity contribution in [3.8, 4) is 0 Å². The van der Waals surface area contributed by atoms with Crippen molar-refractivity contribution in [1.29, 1.82) is 0 Å². The number of aromatic nitrogens is 2. The van der Waals surface area contributed by atoms with Crippen molar-refractivity contribution in [2.45, 2.75) is 10.9 Å². The molecule has 0 aliphatic rings. The largest absolute Gasteiger partial charge is 0.465 e. The summed E-state index contributed by atoms with van der Waals surface area (Å²) in [5, 5.41) is 3.51. The first-order chi connectivity index (χ1) is 10.7. The van der Waals surface area contributed by atoms with Gasteiger partial charge in [-0.2, -0.15) is 0 Å². The Morgan fingerprint density at radius 1 is 1.27 bits per heavy atom. The number of thiophene rings is 1. The van der Waals surface area contributed by atoms with Crippen molar-refractivity contribution in [3.63, 3.8) is 0 Å². The van der Waals surface area contributed by atoms with Crippen LogP contribution in [0.2, 0.25) is 0 Å². The van der Waals surface area contributed by atoms with E-state index in [1.807, 2.05) is 23.6 Å². The van der Waals surface area contributed by atoms with Gasteiger partial charge in [-0.05, 0) is 29.1 Å². The Hall–Kier alpha value is -2.12. The number of esters is 1. The lowest BCUT2D eigenvalue weighted by Gasteiger charge is -2.04. The second-order valence-corrected chi connectivity index (χ2v) is 6.35. The molecule has 0 bridgehead atoms. The fourth-order valence-electron chi connectivity index (χ4n) is 1.93. The third-order valence-electron chi connectivity index (χ3n) is 3.08. The number of carbonyl (C=O) groups excluding carboxylic acids is 1. The van der Waals surface area contributed by atoms with Gasteiger partial charge in [0, 0.05) is 5.75 Å². The van der Waals surface area contributed by atoms with Crippen LogP contribution in [0, 0.1) is 0 Å². The molecule has 7 heteroatoms. The quantitative estimate of drug-likeness (QED) is 0.449. The Morgan fingerprint density at radius 3 is 2.77 bits per heavy atom. The minimum Gasteiger partial charge on any atom is -0.465 e. The zero-order chi connectivity index (χ0) is 15.5. The summed E-state index contributed by atoms with van der Waals surface area (Å²) >= 11 is 3.06. The third-order valence-corrected chi connectivity index (χ3v) is 4.80. The fraction of sp³-hybridized carbons (Fsp3) is 0.133. The molecule has 0 saturated heterocycles. The number of anilines is 1. The van der Waals surface area contributed by atoms with E-state index < -0.39 is 0 Å². The summed E-state index contributed by atoms with van der Waals surface area (Å²) in [4.78, 5) is 21.1. The lowest BCUT2D eigenvalue weighted by atomic mass is 10.1. The van der Waals surface area contributed by atoms with Crippen molar-refractivity contribution < 1.29 is 9.53 Å². The second-order valence-electron chi connectivity index (χ2n) is 4.51. The summed E-state index contributed by atoms with van der Waals surface area (Å²) < 4.78 is 4.67. The number of hydrogen-bond donors (Lipinski definition) is 1. The van der Waals surface area contributed by atoms with Crippen LogP contribution in [0.15, 0.2) is 40.9 Å². The summed E-state index contributed by atoms with van der Waals surface area (Å²) in [5.74, 6) is 0.880. The van der Waals surface area contributed by atoms with Gasteiger partial charge in [-0.1, -0.05) is 23.9 Å². The van der Waals surface area contributed by atoms with Crippen molar-refractivity contribution in [2.24, 2.45) is 0 Å². The first-order valence-electron chi connectivity index (χ1n) is 6.48. The highest BCUT2D eigenvalue weighted by Gasteiger charge is 2.08. The molecule has 112 valence electrons. The van der Waals surface area contributed by atoms with Gasteiger partial charge >= 0.3 is 5.97 Å². The first-order valence-corrected chi connectivity index (χ1v) is 8.34. The maximum absolute atomic E-state index is 11.4. The molecule has 1 aromatic carbocycles. The fourth-order valence-corrected chi connectivity index (χ4v) is 3.56. The maximum Gasteiger partial charge on any atom is 0.337 e. The van der Waals surface area contributed by atoms with Gasteiger partial charge in [0.05, 0.1) is 18.1 Å².